The summed E-state index contributed by atoms with van der Waals surface area (Å²) in [5, 5.41) is 16.3. The van der Waals surface area contributed by atoms with Gasteiger partial charge in [-0.15, -0.1) is 15.0 Å². The van der Waals surface area contributed by atoms with Crippen molar-refractivity contribution in [3.05, 3.63) is 39.6 Å². The molecule has 0 aliphatic heterocycles. The van der Waals surface area contributed by atoms with E-state index in [1.54, 1.807) is 18.2 Å². The van der Waals surface area contributed by atoms with Crippen LogP contribution in [0.2, 0.25) is 5.15 Å². The second-order valence-electron chi connectivity index (χ2n) is 2.89. The van der Waals surface area contributed by atoms with Gasteiger partial charge in [-0.3, -0.25) is 0 Å². The Bertz CT molecular complexity index is 555. The lowest BCUT2D eigenvalue weighted by atomic mass is 10.3. The molecule has 0 aliphatic rings. The van der Waals surface area contributed by atoms with E-state index in [0.717, 1.165) is 4.47 Å². The quantitative estimate of drug-likeness (QED) is 0.925. The van der Waals surface area contributed by atoms with Crippen molar-refractivity contribution < 1.29 is 9.90 Å². The van der Waals surface area contributed by atoms with Gasteiger partial charge in [0.1, 0.15) is 0 Å². The fourth-order valence-electron chi connectivity index (χ4n) is 1.14. The zero-order chi connectivity index (χ0) is 11.7. The molecular formula is C9H5BrClN3O2. The van der Waals surface area contributed by atoms with Gasteiger partial charge in [-0.25, -0.2) is 4.79 Å². The van der Waals surface area contributed by atoms with Crippen LogP contribution in [0, 0.1) is 0 Å². The molecule has 0 atom stereocenters. The molecule has 0 aliphatic carbocycles. The summed E-state index contributed by atoms with van der Waals surface area (Å²) in [6.07, 6.45) is 0. The number of benzene rings is 1. The average Bonchev–Trinajstić information content (AvgIpc) is 2.61. The Morgan fingerprint density at radius 3 is 2.62 bits per heavy atom. The number of halogens is 2. The highest BCUT2D eigenvalue weighted by atomic mass is 79.9. The summed E-state index contributed by atoms with van der Waals surface area (Å²) in [6, 6.07) is 7.16. The number of carboxylic acids is 1. The van der Waals surface area contributed by atoms with Crippen molar-refractivity contribution >= 4 is 33.5 Å². The first-order valence-corrected chi connectivity index (χ1v) is 5.37. The molecule has 5 nitrogen and oxygen atoms in total. The Kier molecular flexibility index (Phi) is 2.93. The van der Waals surface area contributed by atoms with Crippen LogP contribution < -0.4 is 0 Å². The zero-order valence-electron chi connectivity index (χ0n) is 7.76. The third-order valence-electron chi connectivity index (χ3n) is 1.84. The maximum Gasteiger partial charge on any atom is 0.359 e. The molecule has 7 heteroatoms. The van der Waals surface area contributed by atoms with Crippen LogP contribution in [0.3, 0.4) is 0 Å². The standard InChI is InChI=1S/C9H5BrClN3O2/c10-5-3-1-2-4-6(5)14-12-7(9(15)16)8(11)13-14/h1-4H,(H,15,16). The van der Waals surface area contributed by atoms with Gasteiger partial charge >= 0.3 is 5.97 Å². The van der Waals surface area contributed by atoms with Crippen molar-refractivity contribution in [2.45, 2.75) is 0 Å². The van der Waals surface area contributed by atoms with Crippen molar-refractivity contribution in [3.8, 4) is 5.69 Å². The molecule has 2 rings (SSSR count). The number of rotatable bonds is 2. The van der Waals surface area contributed by atoms with Crippen molar-refractivity contribution in [1.29, 1.82) is 0 Å². The lowest BCUT2D eigenvalue weighted by Crippen LogP contribution is -2.02. The first kappa shape index (κ1) is 11.1. The van der Waals surface area contributed by atoms with Gasteiger partial charge in [0, 0.05) is 4.47 Å². The Morgan fingerprint density at radius 1 is 1.38 bits per heavy atom. The normalized spacial score (nSPS) is 10.4. The lowest BCUT2D eigenvalue weighted by Gasteiger charge is -2.00. The predicted octanol–water partition coefficient (Wildman–Crippen LogP) is 2.38. The van der Waals surface area contributed by atoms with Gasteiger partial charge in [0.25, 0.3) is 0 Å². The first-order valence-electron chi connectivity index (χ1n) is 4.20. The Balaban J connectivity index is 2.54. The lowest BCUT2D eigenvalue weighted by molar-refractivity contribution is 0.0690. The van der Waals surface area contributed by atoms with Crippen LogP contribution in [0.5, 0.6) is 0 Å². The molecule has 1 heterocycles. The molecule has 1 N–H and O–H groups in total. The molecule has 16 heavy (non-hydrogen) atoms. The van der Waals surface area contributed by atoms with E-state index in [0.29, 0.717) is 5.69 Å². The van der Waals surface area contributed by atoms with Gasteiger partial charge in [0.05, 0.1) is 5.69 Å². The summed E-state index contributed by atoms with van der Waals surface area (Å²) in [7, 11) is 0. The molecule has 82 valence electrons. The van der Waals surface area contributed by atoms with Crippen LogP contribution in [0.25, 0.3) is 5.69 Å². The molecule has 0 fully saturated rings. The summed E-state index contributed by atoms with van der Waals surface area (Å²) in [6.45, 7) is 0. The van der Waals surface area contributed by atoms with Crippen molar-refractivity contribution in [3.63, 3.8) is 0 Å². The van der Waals surface area contributed by atoms with Crippen LogP contribution >= 0.6 is 27.5 Å². The van der Waals surface area contributed by atoms with Gasteiger partial charge in [0.2, 0.25) is 5.69 Å². The second-order valence-corrected chi connectivity index (χ2v) is 4.10. The van der Waals surface area contributed by atoms with Gasteiger partial charge in [0.15, 0.2) is 5.15 Å². The maximum atomic E-state index is 10.7. The third kappa shape index (κ3) is 1.94. The van der Waals surface area contributed by atoms with Crippen molar-refractivity contribution in [1.82, 2.24) is 15.0 Å². The predicted molar refractivity (Wildman–Crippen MR) is 61.0 cm³/mol. The Hall–Kier alpha value is -1.40. The number of para-hydroxylation sites is 1. The molecule has 1 aromatic carbocycles. The number of aromatic carboxylic acids is 1. The summed E-state index contributed by atoms with van der Waals surface area (Å²) >= 11 is 8.96. The van der Waals surface area contributed by atoms with Crippen LogP contribution in [-0.2, 0) is 0 Å². The molecule has 0 unspecified atom stereocenters. The van der Waals surface area contributed by atoms with Gasteiger partial charge in [-0.2, -0.15) is 0 Å². The number of nitrogens with zero attached hydrogens (tertiary/aromatic N) is 3. The van der Waals surface area contributed by atoms with E-state index in [9.17, 15) is 4.79 Å². The summed E-state index contributed by atoms with van der Waals surface area (Å²) in [5.74, 6) is -1.21. The number of hydrogen-bond acceptors (Lipinski definition) is 3. The van der Waals surface area contributed by atoms with E-state index in [1.165, 1.54) is 4.80 Å². The highest BCUT2D eigenvalue weighted by Gasteiger charge is 2.17. The summed E-state index contributed by atoms with van der Waals surface area (Å²) < 4.78 is 0.749. The summed E-state index contributed by atoms with van der Waals surface area (Å²) in [4.78, 5) is 11.9. The van der Waals surface area contributed by atoms with Gasteiger partial charge < -0.3 is 5.11 Å². The van der Waals surface area contributed by atoms with E-state index in [-0.39, 0.29) is 10.8 Å². The van der Waals surface area contributed by atoms with Gasteiger partial charge in [-0.1, -0.05) is 23.7 Å². The van der Waals surface area contributed by atoms with Crippen molar-refractivity contribution in [2.24, 2.45) is 0 Å². The van der Waals surface area contributed by atoms with Crippen LogP contribution in [-0.4, -0.2) is 26.1 Å². The fraction of sp³-hybridized carbons (Fsp3) is 0. The van der Waals surface area contributed by atoms with E-state index >= 15 is 0 Å². The highest BCUT2D eigenvalue weighted by molar-refractivity contribution is 9.10. The molecule has 0 amide bonds. The molecule has 0 bridgehead atoms. The molecule has 1 aromatic heterocycles. The number of aromatic nitrogens is 3. The van der Waals surface area contributed by atoms with Crippen LogP contribution in [0.4, 0.5) is 0 Å². The van der Waals surface area contributed by atoms with E-state index in [2.05, 4.69) is 26.1 Å². The average molecular weight is 303 g/mol. The van der Waals surface area contributed by atoms with Crippen LogP contribution in [0.1, 0.15) is 10.5 Å². The monoisotopic (exact) mass is 301 g/mol. The molecular weight excluding hydrogens is 297 g/mol. The second kappa shape index (κ2) is 4.23. The molecule has 0 spiro atoms. The number of hydrogen-bond donors (Lipinski definition) is 1. The van der Waals surface area contributed by atoms with E-state index in [4.69, 9.17) is 16.7 Å². The minimum atomic E-state index is -1.21. The topological polar surface area (TPSA) is 68.0 Å². The van der Waals surface area contributed by atoms with Gasteiger partial charge in [-0.05, 0) is 28.1 Å². The minimum Gasteiger partial charge on any atom is -0.476 e. The highest BCUT2D eigenvalue weighted by Crippen LogP contribution is 2.20. The Morgan fingerprint density at radius 2 is 2.06 bits per heavy atom. The molecule has 2 aromatic rings. The minimum absolute atomic E-state index is 0.136. The van der Waals surface area contributed by atoms with Crippen molar-refractivity contribution in [2.75, 3.05) is 0 Å². The molecule has 0 radical (unpaired) electrons. The third-order valence-corrected chi connectivity index (χ3v) is 2.77. The SMILES string of the molecule is O=C(O)c1nn(-c2ccccc2Br)nc1Cl. The zero-order valence-corrected chi connectivity index (χ0v) is 10.1. The largest absolute Gasteiger partial charge is 0.476 e. The van der Waals surface area contributed by atoms with E-state index < -0.39 is 5.97 Å². The number of carboxylic acid groups (broad SMARTS) is 1. The Labute approximate surface area is 104 Å². The molecule has 0 saturated carbocycles. The summed E-state index contributed by atoms with van der Waals surface area (Å²) in [5.41, 5.74) is 0.356. The van der Waals surface area contributed by atoms with E-state index in [1.807, 2.05) is 6.07 Å². The van der Waals surface area contributed by atoms with Crippen LogP contribution in [0.15, 0.2) is 28.7 Å². The number of carbonyl (C=O) groups is 1. The maximum absolute atomic E-state index is 10.7. The fourth-order valence-corrected chi connectivity index (χ4v) is 1.78. The first-order chi connectivity index (χ1) is 7.59. The molecule has 0 saturated heterocycles. The smallest absolute Gasteiger partial charge is 0.359 e.